The normalized spacial score (nSPS) is 11.5. The second-order valence-electron chi connectivity index (χ2n) is 6.65. The summed E-state index contributed by atoms with van der Waals surface area (Å²) in [5.41, 5.74) is 3.69. The Bertz CT molecular complexity index is 798. The van der Waals surface area contributed by atoms with E-state index in [-0.39, 0.29) is 5.75 Å². The molecule has 0 aliphatic heterocycles. The summed E-state index contributed by atoms with van der Waals surface area (Å²) >= 11 is 0. The monoisotopic (exact) mass is 420 g/mol. The summed E-state index contributed by atoms with van der Waals surface area (Å²) < 4.78 is 35.0. The quantitative estimate of drug-likeness (QED) is 0.292. The molecule has 0 aliphatic rings. The maximum atomic E-state index is 12.7. The molecule has 0 aromatic heterocycles. The van der Waals surface area contributed by atoms with Crippen LogP contribution in [0.25, 0.3) is 0 Å². The number of ether oxygens (including phenoxy) is 2. The lowest BCUT2D eigenvalue weighted by Crippen LogP contribution is -2.36. The van der Waals surface area contributed by atoms with Gasteiger partial charge in [-0.1, -0.05) is 29.8 Å². The van der Waals surface area contributed by atoms with Gasteiger partial charge in [0.2, 0.25) is 0 Å². The average molecular weight is 421 g/mol. The Kier molecular flexibility index (Phi) is 9.86. The van der Waals surface area contributed by atoms with Gasteiger partial charge in [0, 0.05) is 38.0 Å². The summed E-state index contributed by atoms with van der Waals surface area (Å²) in [6.07, 6.45) is 0. The molecule has 0 atom stereocenters. The maximum Gasteiger partial charge on any atom is 0.387 e. The number of methoxy groups -OCH3 is 1. The van der Waals surface area contributed by atoms with Gasteiger partial charge in [0.25, 0.3) is 0 Å². The predicted molar refractivity (Wildman–Crippen MR) is 116 cm³/mol. The number of aryl methyl sites for hydroxylation is 1. The second kappa shape index (κ2) is 12.6. The van der Waals surface area contributed by atoms with Gasteiger partial charge in [0.15, 0.2) is 5.96 Å². The highest BCUT2D eigenvalue weighted by atomic mass is 19.3. The Morgan fingerprint density at radius 1 is 1.10 bits per heavy atom. The van der Waals surface area contributed by atoms with Crippen molar-refractivity contribution in [2.75, 3.05) is 32.1 Å². The lowest BCUT2D eigenvalue weighted by Gasteiger charge is -2.15. The van der Waals surface area contributed by atoms with Crippen molar-refractivity contribution in [3.63, 3.8) is 0 Å². The van der Waals surface area contributed by atoms with Crippen LogP contribution in [0.5, 0.6) is 5.75 Å². The number of benzene rings is 2. The van der Waals surface area contributed by atoms with Crippen LogP contribution in [0.2, 0.25) is 0 Å². The van der Waals surface area contributed by atoms with E-state index < -0.39 is 6.61 Å². The van der Waals surface area contributed by atoms with Gasteiger partial charge in [0.05, 0.1) is 13.2 Å². The molecule has 30 heavy (non-hydrogen) atoms. The number of nitrogens with zero attached hydrogens (tertiary/aromatic N) is 1. The summed E-state index contributed by atoms with van der Waals surface area (Å²) in [5.74, 6) is 0.764. The summed E-state index contributed by atoms with van der Waals surface area (Å²) in [6.45, 7) is 3.90. The average Bonchev–Trinajstić information content (AvgIpc) is 2.72. The highest BCUT2D eigenvalue weighted by molar-refractivity contribution is 5.79. The number of alkyl halides is 2. The zero-order valence-electron chi connectivity index (χ0n) is 17.7. The van der Waals surface area contributed by atoms with Crippen molar-refractivity contribution in [3.8, 4) is 5.75 Å². The summed E-state index contributed by atoms with van der Waals surface area (Å²) in [4.78, 5) is 4.58. The fourth-order valence-corrected chi connectivity index (χ4v) is 2.77. The standard InChI is InChI=1S/C22H30F2N4O2/c1-4-25-22(27-14-17-6-8-19(9-7-17)26-11-12-29-3)28-15-18-13-16(2)5-10-20(18)30-21(23)24/h5-10,13,21,26H,4,11-12,14-15H2,1-3H3,(H2,25,27,28). The molecule has 8 heteroatoms. The van der Waals surface area contributed by atoms with Gasteiger partial charge in [-0.25, -0.2) is 4.99 Å². The first-order valence-electron chi connectivity index (χ1n) is 9.90. The van der Waals surface area contributed by atoms with Crippen molar-refractivity contribution in [3.05, 3.63) is 59.2 Å². The Labute approximate surface area is 176 Å². The van der Waals surface area contributed by atoms with E-state index in [1.54, 1.807) is 19.2 Å². The van der Waals surface area contributed by atoms with Crippen LogP contribution < -0.4 is 20.7 Å². The van der Waals surface area contributed by atoms with E-state index in [1.165, 1.54) is 0 Å². The largest absolute Gasteiger partial charge is 0.434 e. The van der Waals surface area contributed by atoms with Gasteiger partial charge in [-0.05, 0) is 37.6 Å². The number of halogens is 2. The van der Waals surface area contributed by atoms with Gasteiger partial charge in [-0.15, -0.1) is 0 Å². The van der Waals surface area contributed by atoms with Crippen molar-refractivity contribution < 1.29 is 18.3 Å². The molecular weight excluding hydrogens is 390 g/mol. The number of hydrogen-bond acceptors (Lipinski definition) is 4. The van der Waals surface area contributed by atoms with E-state index in [2.05, 4.69) is 25.7 Å². The fourth-order valence-electron chi connectivity index (χ4n) is 2.77. The van der Waals surface area contributed by atoms with Crippen LogP contribution in [-0.4, -0.2) is 39.4 Å². The third kappa shape index (κ3) is 8.24. The Hall–Kier alpha value is -2.87. The Morgan fingerprint density at radius 2 is 1.87 bits per heavy atom. The van der Waals surface area contributed by atoms with E-state index in [0.717, 1.165) is 23.4 Å². The van der Waals surface area contributed by atoms with Crippen LogP contribution in [0.15, 0.2) is 47.5 Å². The minimum absolute atomic E-state index is 0.163. The van der Waals surface area contributed by atoms with Crippen molar-refractivity contribution >= 4 is 11.6 Å². The Balaban J connectivity index is 1.99. The molecule has 2 aromatic rings. The van der Waals surface area contributed by atoms with Crippen molar-refractivity contribution in [1.29, 1.82) is 0 Å². The predicted octanol–water partition coefficient (Wildman–Crippen LogP) is 3.91. The summed E-state index contributed by atoms with van der Waals surface area (Å²) in [6, 6.07) is 13.2. The van der Waals surface area contributed by atoms with Gasteiger partial charge < -0.3 is 25.4 Å². The number of rotatable bonds is 11. The fraction of sp³-hybridized carbons (Fsp3) is 0.409. The van der Waals surface area contributed by atoms with Gasteiger partial charge >= 0.3 is 6.61 Å². The molecule has 164 valence electrons. The van der Waals surface area contributed by atoms with Gasteiger partial charge in [0.1, 0.15) is 5.75 Å². The molecule has 0 spiro atoms. The third-order valence-electron chi connectivity index (χ3n) is 4.23. The first kappa shape index (κ1) is 23.4. The minimum atomic E-state index is -2.86. The molecule has 2 rings (SSSR count). The second-order valence-corrected chi connectivity index (χ2v) is 6.65. The zero-order chi connectivity index (χ0) is 21.8. The molecule has 0 unspecified atom stereocenters. The van der Waals surface area contributed by atoms with Crippen LogP contribution in [0.1, 0.15) is 23.6 Å². The Morgan fingerprint density at radius 3 is 2.53 bits per heavy atom. The minimum Gasteiger partial charge on any atom is -0.434 e. The zero-order valence-corrected chi connectivity index (χ0v) is 17.7. The van der Waals surface area contributed by atoms with Crippen LogP contribution in [0, 0.1) is 6.92 Å². The SMILES string of the molecule is CCNC(=NCc1ccc(NCCOC)cc1)NCc1cc(C)ccc1OC(F)F. The topological polar surface area (TPSA) is 66.9 Å². The molecule has 0 fully saturated rings. The molecule has 0 radical (unpaired) electrons. The lowest BCUT2D eigenvalue weighted by molar-refractivity contribution is -0.0504. The first-order chi connectivity index (χ1) is 14.5. The molecule has 0 heterocycles. The number of aliphatic imine (C=N–C) groups is 1. The number of anilines is 1. The van der Waals surface area contributed by atoms with Gasteiger partial charge in [-0.3, -0.25) is 0 Å². The van der Waals surface area contributed by atoms with Crippen molar-refractivity contribution in [1.82, 2.24) is 10.6 Å². The smallest absolute Gasteiger partial charge is 0.387 e. The third-order valence-corrected chi connectivity index (χ3v) is 4.23. The highest BCUT2D eigenvalue weighted by Crippen LogP contribution is 2.22. The van der Waals surface area contributed by atoms with Crippen LogP contribution in [0.3, 0.4) is 0 Å². The van der Waals surface area contributed by atoms with Crippen LogP contribution in [-0.2, 0) is 17.8 Å². The molecule has 0 aliphatic carbocycles. The molecule has 0 amide bonds. The molecule has 0 saturated heterocycles. The summed E-state index contributed by atoms with van der Waals surface area (Å²) in [5, 5.41) is 9.62. The number of guanidine groups is 1. The van der Waals surface area contributed by atoms with E-state index in [4.69, 9.17) is 4.74 Å². The van der Waals surface area contributed by atoms with E-state index in [9.17, 15) is 8.78 Å². The molecule has 6 nitrogen and oxygen atoms in total. The molecular formula is C22H30F2N4O2. The van der Waals surface area contributed by atoms with Crippen LogP contribution in [0.4, 0.5) is 14.5 Å². The summed E-state index contributed by atoms with van der Waals surface area (Å²) in [7, 11) is 1.67. The number of hydrogen-bond donors (Lipinski definition) is 3. The van der Waals surface area contributed by atoms with Gasteiger partial charge in [-0.2, -0.15) is 8.78 Å². The molecule has 0 saturated carbocycles. The van der Waals surface area contributed by atoms with E-state index in [1.807, 2.05) is 44.2 Å². The molecule has 0 bridgehead atoms. The number of nitrogens with one attached hydrogen (secondary N) is 3. The van der Waals surface area contributed by atoms with Crippen molar-refractivity contribution in [2.24, 2.45) is 4.99 Å². The molecule has 2 aromatic carbocycles. The van der Waals surface area contributed by atoms with E-state index >= 15 is 0 Å². The lowest BCUT2D eigenvalue weighted by atomic mass is 10.1. The highest BCUT2D eigenvalue weighted by Gasteiger charge is 2.10. The van der Waals surface area contributed by atoms with Crippen LogP contribution >= 0.6 is 0 Å². The maximum absolute atomic E-state index is 12.7. The molecule has 3 N–H and O–H groups in total. The first-order valence-corrected chi connectivity index (χ1v) is 9.90. The van der Waals surface area contributed by atoms with E-state index in [0.29, 0.717) is 37.8 Å². The van der Waals surface area contributed by atoms with Crippen molar-refractivity contribution in [2.45, 2.75) is 33.5 Å².